The minimum Gasteiger partial charge on any atom is -0.494 e. The van der Waals surface area contributed by atoms with Crippen LogP contribution in [0, 0.1) is 5.82 Å². The monoisotopic (exact) mass is 308 g/mol. The summed E-state index contributed by atoms with van der Waals surface area (Å²) >= 11 is 0. The van der Waals surface area contributed by atoms with Crippen LogP contribution in [0.1, 0.15) is 25.8 Å². The molecule has 0 aliphatic carbocycles. The van der Waals surface area contributed by atoms with Crippen molar-refractivity contribution in [2.24, 2.45) is 0 Å². The fraction of sp³-hybridized carbons (Fsp3) is 0.375. The average Bonchev–Trinajstić information content (AvgIpc) is 2.50. The number of carbonyl (C=O) groups excluding carboxylic acids is 2. The van der Waals surface area contributed by atoms with Gasteiger partial charge in [-0.2, -0.15) is 0 Å². The van der Waals surface area contributed by atoms with Crippen molar-refractivity contribution in [3.63, 3.8) is 0 Å². The lowest BCUT2D eigenvalue weighted by molar-refractivity contribution is -0.126. The first-order valence-electron chi connectivity index (χ1n) is 7.07. The van der Waals surface area contributed by atoms with Crippen LogP contribution in [0.25, 0.3) is 6.08 Å². The first-order valence-corrected chi connectivity index (χ1v) is 7.07. The predicted octanol–water partition coefficient (Wildman–Crippen LogP) is 1.88. The van der Waals surface area contributed by atoms with E-state index in [4.69, 9.17) is 4.74 Å². The third-order valence-corrected chi connectivity index (χ3v) is 2.90. The van der Waals surface area contributed by atoms with Gasteiger partial charge in [-0.25, -0.2) is 4.39 Å². The number of ether oxygens (including phenoxy) is 1. The number of amides is 2. The first kappa shape index (κ1) is 17.7. The zero-order valence-electron chi connectivity index (χ0n) is 13.0. The fourth-order valence-electron chi connectivity index (χ4n) is 1.69. The Labute approximate surface area is 129 Å². The molecule has 1 atom stereocenters. The molecule has 0 saturated carbocycles. The lowest BCUT2D eigenvalue weighted by Crippen LogP contribution is -2.44. The van der Waals surface area contributed by atoms with E-state index in [2.05, 4.69) is 10.6 Å². The molecule has 1 aromatic rings. The Hall–Kier alpha value is -2.37. The van der Waals surface area contributed by atoms with Gasteiger partial charge in [-0.15, -0.1) is 0 Å². The summed E-state index contributed by atoms with van der Waals surface area (Å²) in [7, 11) is 1.38. The van der Waals surface area contributed by atoms with Crippen molar-refractivity contribution in [2.45, 2.75) is 26.3 Å². The van der Waals surface area contributed by atoms with Gasteiger partial charge < -0.3 is 15.4 Å². The maximum Gasteiger partial charge on any atom is 0.244 e. The zero-order chi connectivity index (χ0) is 16.5. The summed E-state index contributed by atoms with van der Waals surface area (Å²) in [5.41, 5.74) is 0.525. The molecular weight excluding hydrogens is 287 g/mol. The molecule has 2 amide bonds. The minimum absolute atomic E-state index is 0.141. The van der Waals surface area contributed by atoms with Crippen molar-refractivity contribution >= 4 is 17.9 Å². The Morgan fingerprint density at radius 2 is 2.14 bits per heavy atom. The Bertz CT molecular complexity index is 558. The van der Waals surface area contributed by atoms with Crippen LogP contribution in [0.5, 0.6) is 5.75 Å². The Kier molecular flexibility index (Phi) is 7.08. The second kappa shape index (κ2) is 8.81. The minimum atomic E-state index is -0.628. The molecule has 1 rings (SSSR count). The van der Waals surface area contributed by atoms with Gasteiger partial charge >= 0.3 is 0 Å². The topological polar surface area (TPSA) is 67.4 Å². The molecule has 0 aliphatic heterocycles. The SMILES string of the molecule is CCCNC(=O)[C@@H](C)NC(=O)/C=C/c1ccc(OC)c(F)c1. The summed E-state index contributed by atoms with van der Waals surface area (Å²) < 4.78 is 18.3. The number of rotatable bonds is 7. The summed E-state index contributed by atoms with van der Waals surface area (Å²) in [5, 5.41) is 5.23. The fourth-order valence-corrected chi connectivity index (χ4v) is 1.69. The number of nitrogens with one attached hydrogen (secondary N) is 2. The second-order valence-electron chi connectivity index (χ2n) is 4.75. The molecule has 0 bridgehead atoms. The van der Waals surface area contributed by atoms with Crippen LogP contribution < -0.4 is 15.4 Å². The number of benzene rings is 1. The van der Waals surface area contributed by atoms with Crippen LogP contribution in [-0.2, 0) is 9.59 Å². The standard InChI is InChI=1S/C16H21FN2O3/c1-4-9-18-16(21)11(2)19-15(20)8-6-12-5-7-14(22-3)13(17)10-12/h5-8,10-11H,4,9H2,1-3H3,(H,18,21)(H,19,20)/b8-6+/t11-/m1/s1. The number of hydrogen-bond donors (Lipinski definition) is 2. The normalized spacial score (nSPS) is 12.0. The van der Waals surface area contributed by atoms with Gasteiger partial charge in [0.05, 0.1) is 7.11 Å². The molecule has 0 spiro atoms. The molecule has 0 radical (unpaired) electrons. The molecule has 0 heterocycles. The van der Waals surface area contributed by atoms with Gasteiger partial charge in [0.15, 0.2) is 11.6 Å². The highest BCUT2D eigenvalue weighted by molar-refractivity contribution is 5.95. The first-order chi connectivity index (χ1) is 10.5. The zero-order valence-corrected chi connectivity index (χ0v) is 13.0. The molecule has 22 heavy (non-hydrogen) atoms. The number of carbonyl (C=O) groups is 2. The highest BCUT2D eigenvalue weighted by Crippen LogP contribution is 2.18. The number of hydrogen-bond acceptors (Lipinski definition) is 3. The average molecular weight is 308 g/mol. The predicted molar refractivity (Wildman–Crippen MR) is 82.9 cm³/mol. The molecule has 2 N–H and O–H groups in total. The highest BCUT2D eigenvalue weighted by atomic mass is 19.1. The van der Waals surface area contributed by atoms with Crippen LogP contribution >= 0.6 is 0 Å². The van der Waals surface area contributed by atoms with Crippen LogP contribution in [0.4, 0.5) is 4.39 Å². The molecule has 6 heteroatoms. The molecule has 0 aliphatic rings. The third-order valence-electron chi connectivity index (χ3n) is 2.90. The van der Waals surface area contributed by atoms with Crippen LogP contribution in [0.15, 0.2) is 24.3 Å². The van der Waals surface area contributed by atoms with E-state index in [0.717, 1.165) is 6.42 Å². The molecule has 0 unspecified atom stereocenters. The highest BCUT2D eigenvalue weighted by Gasteiger charge is 2.13. The molecule has 0 aromatic heterocycles. The third kappa shape index (κ3) is 5.55. The van der Waals surface area contributed by atoms with Crippen molar-refractivity contribution in [1.29, 1.82) is 0 Å². The van der Waals surface area contributed by atoms with Crippen molar-refractivity contribution in [3.05, 3.63) is 35.7 Å². The Morgan fingerprint density at radius 3 is 2.73 bits per heavy atom. The molecule has 1 aromatic carbocycles. The summed E-state index contributed by atoms with van der Waals surface area (Å²) in [5.74, 6) is -1.02. The number of halogens is 1. The van der Waals surface area contributed by atoms with E-state index in [9.17, 15) is 14.0 Å². The lowest BCUT2D eigenvalue weighted by atomic mass is 10.2. The van der Waals surface area contributed by atoms with Gasteiger partial charge in [0.1, 0.15) is 6.04 Å². The van der Waals surface area contributed by atoms with E-state index in [1.54, 1.807) is 13.0 Å². The van der Waals surface area contributed by atoms with E-state index >= 15 is 0 Å². The van der Waals surface area contributed by atoms with Gasteiger partial charge in [0, 0.05) is 12.6 Å². The van der Waals surface area contributed by atoms with Gasteiger partial charge in [-0.05, 0) is 37.1 Å². The summed E-state index contributed by atoms with van der Waals surface area (Å²) in [6.07, 6.45) is 3.55. The van der Waals surface area contributed by atoms with Crippen LogP contribution in [0.3, 0.4) is 0 Å². The summed E-state index contributed by atoms with van der Waals surface area (Å²) in [6.45, 7) is 4.12. The lowest BCUT2D eigenvalue weighted by Gasteiger charge is -2.12. The summed E-state index contributed by atoms with van der Waals surface area (Å²) in [4.78, 5) is 23.3. The van der Waals surface area contributed by atoms with Gasteiger partial charge in [-0.3, -0.25) is 9.59 Å². The van der Waals surface area contributed by atoms with Crippen molar-refractivity contribution < 1.29 is 18.7 Å². The van der Waals surface area contributed by atoms with E-state index in [1.165, 1.54) is 31.4 Å². The maximum atomic E-state index is 13.5. The van der Waals surface area contributed by atoms with E-state index in [0.29, 0.717) is 12.1 Å². The Morgan fingerprint density at radius 1 is 1.41 bits per heavy atom. The smallest absolute Gasteiger partial charge is 0.244 e. The quantitative estimate of drug-likeness (QED) is 0.756. The van der Waals surface area contributed by atoms with E-state index in [-0.39, 0.29) is 11.7 Å². The van der Waals surface area contributed by atoms with Gasteiger partial charge in [-0.1, -0.05) is 13.0 Å². The van der Waals surface area contributed by atoms with E-state index < -0.39 is 17.8 Å². The largest absolute Gasteiger partial charge is 0.494 e. The van der Waals surface area contributed by atoms with Crippen molar-refractivity contribution in [2.75, 3.05) is 13.7 Å². The summed E-state index contributed by atoms with van der Waals surface area (Å²) in [6, 6.07) is 3.74. The molecule has 0 fully saturated rings. The number of methoxy groups -OCH3 is 1. The van der Waals surface area contributed by atoms with Crippen LogP contribution in [0.2, 0.25) is 0 Å². The molecular formula is C16H21FN2O3. The molecule has 5 nitrogen and oxygen atoms in total. The Balaban J connectivity index is 2.57. The van der Waals surface area contributed by atoms with Gasteiger partial charge in [0.2, 0.25) is 11.8 Å². The molecule has 120 valence electrons. The maximum absolute atomic E-state index is 13.5. The molecule has 0 saturated heterocycles. The van der Waals surface area contributed by atoms with Crippen molar-refractivity contribution in [3.8, 4) is 5.75 Å². The van der Waals surface area contributed by atoms with Crippen molar-refractivity contribution in [1.82, 2.24) is 10.6 Å². The second-order valence-corrected chi connectivity index (χ2v) is 4.75. The van der Waals surface area contributed by atoms with Gasteiger partial charge in [0.25, 0.3) is 0 Å². The van der Waals surface area contributed by atoms with Crippen LogP contribution in [-0.4, -0.2) is 31.5 Å². The van der Waals surface area contributed by atoms with E-state index in [1.807, 2.05) is 6.92 Å².